The lowest BCUT2D eigenvalue weighted by molar-refractivity contribution is -0.214. The number of aliphatic hydroxyl groups is 3. The summed E-state index contributed by atoms with van der Waals surface area (Å²) in [6, 6.07) is 0. The predicted octanol–water partition coefficient (Wildman–Crippen LogP) is -3.16. The van der Waals surface area contributed by atoms with E-state index in [1.165, 1.54) is 0 Å². The van der Waals surface area contributed by atoms with Crippen LogP contribution in [-0.2, 0) is 55.2 Å². The molecule has 0 aromatic heterocycles. The van der Waals surface area contributed by atoms with Gasteiger partial charge in [-0.05, 0) is 0 Å². The molecule has 0 spiro atoms. The van der Waals surface area contributed by atoms with Gasteiger partial charge in [0.25, 0.3) is 0 Å². The number of phosphoric ester groups is 3. The van der Waals surface area contributed by atoms with Gasteiger partial charge in [0.15, 0.2) is 19.8 Å². The zero-order valence-corrected chi connectivity index (χ0v) is 20.0. The van der Waals surface area contributed by atoms with Crippen molar-refractivity contribution in [3.8, 4) is 0 Å². The van der Waals surface area contributed by atoms with E-state index in [0.29, 0.717) is 0 Å². The average Bonchev–Trinajstić information content (AvgIpc) is 2.74. The largest absolute Gasteiger partial charge is 0.480 e. The van der Waals surface area contributed by atoms with E-state index < -0.39 is 97.8 Å². The fourth-order valence-corrected chi connectivity index (χ4v) is 5.15. The van der Waals surface area contributed by atoms with Crippen LogP contribution in [0.4, 0.5) is 0 Å². The predicted molar refractivity (Wildman–Crippen MR) is 103 cm³/mol. The first-order chi connectivity index (χ1) is 16.3. The number of carbonyl (C=O) groups is 3. The van der Waals surface area contributed by atoms with Crippen LogP contribution in [0.25, 0.3) is 0 Å². The molecular formula is C12H21O21P3. The van der Waals surface area contributed by atoms with E-state index in [2.05, 4.69) is 27.1 Å². The summed E-state index contributed by atoms with van der Waals surface area (Å²) in [5, 5.41) is 56.1. The number of rotatable bonds is 15. The first-order valence-electron chi connectivity index (χ1n) is 8.93. The lowest BCUT2D eigenvalue weighted by atomic mass is 9.85. The average molecular weight is 594 g/mol. The van der Waals surface area contributed by atoms with Gasteiger partial charge in [0.1, 0.15) is 36.6 Å². The smallest absolute Gasteiger partial charge is 0.473 e. The van der Waals surface area contributed by atoms with E-state index >= 15 is 0 Å². The van der Waals surface area contributed by atoms with E-state index in [4.69, 9.17) is 15.3 Å². The third-order valence-electron chi connectivity index (χ3n) is 3.84. The van der Waals surface area contributed by atoms with Gasteiger partial charge >= 0.3 is 41.4 Å². The van der Waals surface area contributed by atoms with Crippen molar-refractivity contribution in [2.75, 3.05) is 19.8 Å². The van der Waals surface area contributed by atoms with Crippen molar-refractivity contribution in [3.63, 3.8) is 0 Å². The highest BCUT2D eigenvalue weighted by atomic mass is 31.2. The monoisotopic (exact) mass is 594 g/mol. The summed E-state index contributed by atoms with van der Waals surface area (Å²) in [4.78, 5) is 60.9. The molecule has 1 saturated carbocycles. The zero-order valence-electron chi connectivity index (χ0n) is 17.4. The standard InChI is InChI=1S/C12H21O21P3/c13-4(14)1-28-34(22,23)31-10-8(20)7(19)9(21)11(32-35(24,25)29-2-5(15)16)12(10)33-36(26,27)30-3-6(17)18/h7-12,19-21H,1-3H2,(H,13,14)(H,15,16)(H,17,18)(H,22,23)(H,24,25)(H,26,27)/t7-,8-,9+,10-,11-,12-/m0/s1. The molecule has 1 aliphatic carbocycles. The first kappa shape index (κ1) is 32.6. The summed E-state index contributed by atoms with van der Waals surface area (Å²) in [6.07, 6.45) is -15.6. The molecule has 9 atom stereocenters. The number of hydrogen-bond donors (Lipinski definition) is 9. The van der Waals surface area contributed by atoms with Crippen LogP contribution in [0.5, 0.6) is 0 Å². The maximum absolute atomic E-state index is 12.2. The van der Waals surface area contributed by atoms with Crippen LogP contribution in [-0.4, -0.2) is 120 Å². The van der Waals surface area contributed by atoms with Gasteiger partial charge in [-0.15, -0.1) is 0 Å². The van der Waals surface area contributed by atoms with Crippen LogP contribution in [0.2, 0.25) is 0 Å². The minimum Gasteiger partial charge on any atom is -0.480 e. The normalized spacial score (nSPS) is 31.5. The Hall–Kier alpha value is -1.38. The molecule has 0 aliphatic heterocycles. The van der Waals surface area contributed by atoms with Crippen molar-refractivity contribution in [2.24, 2.45) is 0 Å². The van der Waals surface area contributed by atoms with Crippen LogP contribution in [0.1, 0.15) is 0 Å². The van der Waals surface area contributed by atoms with E-state index in [1.807, 2.05) is 0 Å². The molecule has 1 fully saturated rings. The molecule has 0 saturated heterocycles. The Kier molecular flexibility index (Phi) is 11.7. The Morgan fingerprint density at radius 1 is 0.528 bits per heavy atom. The maximum Gasteiger partial charge on any atom is 0.473 e. The van der Waals surface area contributed by atoms with Gasteiger partial charge in [0, 0.05) is 0 Å². The van der Waals surface area contributed by atoms with Gasteiger partial charge in [-0.25, -0.2) is 28.1 Å². The van der Waals surface area contributed by atoms with Crippen LogP contribution >= 0.6 is 23.5 Å². The van der Waals surface area contributed by atoms with Crippen LogP contribution < -0.4 is 0 Å². The van der Waals surface area contributed by atoms with Gasteiger partial charge in [-0.2, -0.15) is 0 Å². The summed E-state index contributed by atoms with van der Waals surface area (Å²) in [6.45, 7) is -4.43. The summed E-state index contributed by atoms with van der Waals surface area (Å²) >= 11 is 0. The summed E-state index contributed by atoms with van der Waals surface area (Å²) < 4.78 is 62.0. The number of carboxylic acid groups (broad SMARTS) is 3. The minimum absolute atomic E-state index is 1.47. The molecule has 210 valence electrons. The van der Waals surface area contributed by atoms with Gasteiger partial charge in [-0.3, -0.25) is 27.1 Å². The van der Waals surface area contributed by atoms with E-state index in [-0.39, 0.29) is 0 Å². The Morgan fingerprint density at radius 3 is 1.03 bits per heavy atom. The van der Waals surface area contributed by atoms with Crippen LogP contribution in [0, 0.1) is 0 Å². The fourth-order valence-electron chi connectivity index (χ4n) is 2.49. The van der Waals surface area contributed by atoms with Crippen molar-refractivity contribution >= 4 is 41.4 Å². The molecule has 0 radical (unpaired) electrons. The molecule has 1 aliphatic rings. The van der Waals surface area contributed by atoms with Crippen molar-refractivity contribution in [3.05, 3.63) is 0 Å². The summed E-state index contributed by atoms with van der Waals surface area (Å²) in [5.74, 6) is -5.39. The number of carboxylic acids is 3. The van der Waals surface area contributed by atoms with Crippen LogP contribution in [0.3, 0.4) is 0 Å². The molecule has 0 aromatic rings. The van der Waals surface area contributed by atoms with Gasteiger partial charge in [0.05, 0.1) is 0 Å². The van der Waals surface area contributed by atoms with Crippen molar-refractivity contribution in [1.82, 2.24) is 0 Å². The second-order valence-corrected chi connectivity index (χ2v) is 10.8. The second-order valence-electron chi connectivity index (χ2n) is 6.59. The summed E-state index contributed by atoms with van der Waals surface area (Å²) in [7, 11) is -16.7. The van der Waals surface area contributed by atoms with Gasteiger partial charge in [-0.1, -0.05) is 0 Å². The maximum atomic E-state index is 12.2. The molecular weight excluding hydrogens is 573 g/mol. The molecule has 1 rings (SSSR count). The molecule has 21 nitrogen and oxygen atoms in total. The van der Waals surface area contributed by atoms with Crippen LogP contribution in [0.15, 0.2) is 0 Å². The van der Waals surface area contributed by atoms with E-state index in [9.17, 15) is 58.1 Å². The molecule has 24 heteroatoms. The Bertz CT molecular complexity index is 896. The number of phosphoric acid groups is 3. The third kappa shape index (κ3) is 10.5. The molecule has 0 heterocycles. The highest BCUT2D eigenvalue weighted by Gasteiger charge is 2.57. The molecule has 9 N–H and O–H groups in total. The Labute approximate surface area is 199 Å². The third-order valence-corrected chi connectivity index (χ3v) is 6.73. The minimum atomic E-state index is -5.61. The molecule has 36 heavy (non-hydrogen) atoms. The van der Waals surface area contributed by atoms with Crippen molar-refractivity contribution in [1.29, 1.82) is 0 Å². The summed E-state index contributed by atoms with van der Waals surface area (Å²) in [5.41, 5.74) is 0. The van der Waals surface area contributed by atoms with Gasteiger partial charge in [0.2, 0.25) is 0 Å². The lowest BCUT2D eigenvalue weighted by Gasteiger charge is -2.45. The molecule has 0 bridgehead atoms. The SMILES string of the molecule is O=C(O)COP(=O)(O)O[C@@H]1[C@@H](OP(=O)(O)OCC(=O)O)[C@H](O)[C@@H](O)[C@H](O)[C@@H]1OP(=O)(O)OCC(=O)O. The number of aliphatic hydroxyl groups excluding tert-OH is 3. The highest BCUT2D eigenvalue weighted by Crippen LogP contribution is 2.54. The van der Waals surface area contributed by atoms with E-state index in [0.717, 1.165) is 0 Å². The molecule has 0 amide bonds. The topological polar surface area (TPSA) is 340 Å². The number of hydrogen-bond acceptors (Lipinski definition) is 15. The second kappa shape index (κ2) is 12.9. The number of aliphatic carboxylic acids is 3. The zero-order chi connectivity index (χ0) is 28.1. The first-order valence-corrected chi connectivity index (χ1v) is 13.4. The van der Waals surface area contributed by atoms with Crippen molar-refractivity contribution < 1.29 is 101 Å². The van der Waals surface area contributed by atoms with E-state index in [1.54, 1.807) is 0 Å². The molecule has 3 unspecified atom stereocenters. The lowest BCUT2D eigenvalue weighted by Crippen LogP contribution is -2.65. The Morgan fingerprint density at radius 2 is 0.778 bits per heavy atom. The fraction of sp³-hybridized carbons (Fsp3) is 0.750. The van der Waals surface area contributed by atoms with Gasteiger partial charge < -0.3 is 45.3 Å². The van der Waals surface area contributed by atoms with Crippen molar-refractivity contribution in [2.45, 2.75) is 36.6 Å². The molecule has 0 aromatic carbocycles. The highest BCUT2D eigenvalue weighted by molar-refractivity contribution is 7.48. The quantitative estimate of drug-likeness (QED) is 0.0845. The Balaban J connectivity index is 3.42.